The van der Waals surface area contributed by atoms with Gasteiger partial charge in [-0.15, -0.1) is 0 Å². The first-order valence-corrected chi connectivity index (χ1v) is 10.4. The molecule has 8 heteroatoms. The molecular weight excluding hydrogens is 416 g/mol. The highest BCUT2D eigenvalue weighted by Crippen LogP contribution is 2.36. The maximum Gasteiger partial charge on any atom is 0.331 e. The van der Waals surface area contributed by atoms with Gasteiger partial charge in [0.2, 0.25) is 6.79 Å². The molecule has 0 aromatic heterocycles. The Hall–Kier alpha value is -3.36. The number of aliphatic carboxylic acids is 1. The number of hydrogen-bond acceptors (Lipinski definition) is 7. The van der Waals surface area contributed by atoms with Gasteiger partial charge in [-0.1, -0.05) is 24.3 Å². The third-order valence-electron chi connectivity index (χ3n) is 4.71. The number of hydrogen-bond donors (Lipinski definition) is 2. The highest BCUT2D eigenvalue weighted by molar-refractivity contribution is 7.96. The zero-order valence-electron chi connectivity index (χ0n) is 16.9. The molecule has 0 saturated carbocycles. The van der Waals surface area contributed by atoms with E-state index in [4.69, 9.17) is 18.8 Å². The molecule has 0 unspecified atom stereocenters. The molecule has 4 rings (SSSR count). The first-order valence-electron chi connectivity index (χ1n) is 9.66. The van der Waals surface area contributed by atoms with E-state index in [0.29, 0.717) is 6.54 Å². The molecule has 1 aliphatic heterocycles. The number of benzene rings is 3. The van der Waals surface area contributed by atoms with E-state index in [0.717, 1.165) is 51.8 Å². The van der Waals surface area contributed by atoms with Crippen molar-refractivity contribution in [2.75, 3.05) is 30.1 Å². The Morgan fingerprint density at radius 3 is 2.65 bits per heavy atom. The van der Waals surface area contributed by atoms with Gasteiger partial charge in [-0.3, -0.25) is 8.49 Å². The predicted molar refractivity (Wildman–Crippen MR) is 121 cm³/mol. The van der Waals surface area contributed by atoms with Gasteiger partial charge < -0.3 is 19.9 Å². The van der Waals surface area contributed by atoms with E-state index in [1.807, 2.05) is 55.6 Å². The second-order valence-corrected chi connectivity index (χ2v) is 7.83. The van der Waals surface area contributed by atoms with Gasteiger partial charge in [-0.05, 0) is 59.2 Å². The maximum atomic E-state index is 10.5. The SMILES string of the molecule is CN(SOCC(=O)O)c1ccc(NCc2cccc(-c3ccc4c(c3)OCO4)c2)cc1. The Morgan fingerprint density at radius 1 is 1.06 bits per heavy atom. The summed E-state index contributed by atoms with van der Waals surface area (Å²) in [6.45, 7) is 0.607. The average Bonchev–Trinajstić information content (AvgIpc) is 3.26. The van der Waals surface area contributed by atoms with Crippen molar-refractivity contribution in [3.8, 4) is 22.6 Å². The molecule has 1 aliphatic rings. The third-order valence-corrected chi connectivity index (χ3v) is 5.37. The molecule has 0 aliphatic carbocycles. The Balaban J connectivity index is 1.35. The second kappa shape index (κ2) is 9.63. The average molecular weight is 439 g/mol. The van der Waals surface area contributed by atoms with E-state index in [1.54, 1.807) is 4.31 Å². The number of nitrogens with one attached hydrogen (secondary N) is 1. The molecule has 1 heterocycles. The minimum Gasteiger partial charge on any atom is -0.479 e. The van der Waals surface area contributed by atoms with E-state index < -0.39 is 5.97 Å². The predicted octanol–water partition coefficient (Wildman–Crippen LogP) is 4.80. The summed E-state index contributed by atoms with van der Waals surface area (Å²) in [5, 5.41) is 12.1. The van der Waals surface area contributed by atoms with Crippen LogP contribution in [0.5, 0.6) is 11.5 Å². The lowest BCUT2D eigenvalue weighted by molar-refractivity contribution is -0.138. The number of ether oxygens (including phenoxy) is 2. The molecule has 3 aromatic rings. The number of nitrogens with zero attached hydrogens (tertiary/aromatic N) is 1. The zero-order chi connectivity index (χ0) is 21.6. The summed E-state index contributed by atoms with van der Waals surface area (Å²) in [4.78, 5) is 10.5. The van der Waals surface area contributed by atoms with Crippen LogP contribution in [0.1, 0.15) is 5.56 Å². The maximum absolute atomic E-state index is 10.5. The number of anilines is 2. The lowest BCUT2D eigenvalue weighted by atomic mass is 10.0. The van der Waals surface area contributed by atoms with Crippen LogP contribution in [-0.4, -0.2) is 31.5 Å². The molecule has 0 atom stereocenters. The summed E-state index contributed by atoms with van der Waals surface area (Å²) in [7, 11) is 1.82. The van der Waals surface area contributed by atoms with Crippen LogP contribution >= 0.6 is 12.2 Å². The number of carboxylic acid groups (broad SMARTS) is 1. The van der Waals surface area contributed by atoms with E-state index in [1.165, 1.54) is 0 Å². The van der Waals surface area contributed by atoms with Crippen molar-refractivity contribution in [3.63, 3.8) is 0 Å². The Bertz CT molecular complexity index is 1060. The zero-order valence-corrected chi connectivity index (χ0v) is 17.7. The van der Waals surface area contributed by atoms with Crippen molar-refractivity contribution < 1.29 is 23.6 Å². The molecule has 0 saturated heterocycles. The normalized spacial score (nSPS) is 11.9. The van der Waals surface area contributed by atoms with E-state index in [9.17, 15) is 4.79 Å². The minimum atomic E-state index is -0.997. The molecule has 2 N–H and O–H groups in total. The molecule has 7 nitrogen and oxygen atoms in total. The van der Waals surface area contributed by atoms with Gasteiger partial charge in [-0.25, -0.2) is 4.79 Å². The van der Waals surface area contributed by atoms with Crippen molar-refractivity contribution in [2.45, 2.75) is 6.54 Å². The summed E-state index contributed by atoms with van der Waals surface area (Å²) in [5.74, 6) is 0.558. The van der Waals surface area contributed by atoms with Crippen LogP contribution < -0.4 is 19.1 Å². The summed E-state index contributed by atoms with van der Waals surface area (Å²) in [5.41, 5.74) is 5.26. The summed E-state index contributed by atoms with van der Waals surface area (Å²) in [6, 6.07) is 22.2. The first kappa shape index (κ1) is 20.9. The fourth-order valence-corrected chi connectivity index (χ4v) is 3.65. The minimum absolute atomic E-state index is 0.269. The van der Waals surface area contributed by atoms with Crippen molar-refractivity contribution in [1.29, 1.82) is 0 Å². The molecule has 0 spiro atoms. The largest absolute Gasteiger partial charge is 0.479 e. The van der Waals surface area contributed by atoms with Crippen molar-refractivity contribution in [3.05, 3.63) is 72.3 Å². The molecular formula is C23H22N2O5S. The Morgan fingerprint density at radius 2 is 1.84 bits per heavy atom. The number of rotatable bonds is 9. The van der Waals surface area contributed by atoms with Gasteiger partial charge in [0.1, 0.15) is 12.2 Å². The lowest BCUT2D eigenvalue weighted by Gasteiger charge is -2.17. The monoisotopic (exact) mass is 438 g/mol. The van der Waals surface area contributed by atoms with Crippen LogP contribution in [-0.2, 0) is 15.5 Å². The van der Waals surface area contributed by atoms with Gasteiger partial charge >= 0.3 is 5.97 Å². The number of fused-ring (bicyclic) bond motifs is 1. The van der Waals surface area contributed by atoms with Gasteiger partial charge in [0.05, 0.1) is 0 Å². The molecule has 0 amide bonds. The molecule has 0 radical (unpaired) electrons. The van der Waals surface area contributed by atoms with Gasteiger partial charge in [0.15, 0.2) is 18.1 Å². The highest BCUT2D eigenvalue weighted by Gasteiger charge is 2.14. The number of carboxylic acids is 1. The van der Waals surface area contributed by atoms with Crippen LogP contribution in [0.3, 0.4) is 0 Å². The summed E-state index contributed by atoms with van der Waals surface area (Å²) in [6.07, 6.45) is 0. The van der Waals surface area contributed by atoms with Gasteiger partial charge in [-0.2, -0.15) is 0 Å². The highest BCUT2D eigenvalue weighted by atomic mass is 32.2. The molecule has 3 aromatic carbocycles. The van der Waals surface area contributed by atoms with Gasteiger partial charge in [0, 0.05) is 25.0 Å². The van der Waals surface area contributed by atoms with Gasteiger partial charge in [0.25, 0.3) is 0 Å². The van der Waals surface area contributed by atoms with E-state index in [2.05, 4.69) is 23.5 Å². The van der Waals surface area contributed by atoms with Crippen LogP contribution in [0.2, 0.25) is 0 Å². The van der Waals surface area contributed by atoms with Crippen LogP contribution in [0.15, 0.2) is 66.7 Å². The van der Waals surface area contributed by atoms with Crippen molar-refractivity contribution >= 4 is 29.6 Å². The van der Waals surface area contributed by atoms with E-state index in [-0.39, 0.29) is 13.4 Å². The second-order valence-electron chi connectivity index (χ2n) is 6.90. The number of carbonyl (C=O) groups is 1. The Kier molecular flexibility index (Phi) is 6.49. The summed E-state index contributed by atoms with van der Waals surface area (Å²) < 4.78 is 17.7. The molecule has 0 fully saturated rings. The smallest absolute Gasteiger partial charge is 0.331 e. The summed E-state index contributed by atoms with van der Waals surface area (Å²) >= 11 is 0.996. The third kappa shape index (κ3) is 5.42. The quantitative estimate of drug-likeness (QED) is 0.364. The standard InChI is InChI=1S/C23H22N2O5S/c1-25(31-30-14-23(26)27)20-8-6-19(7-9-20)24-13-16-3-2-4-17(11-16)18-5-10-21-22(12-18)29-15-28-21/h2-12,24H,13-15H2,1H3,(H,26,27). The first-order chi connectivity index (χ1) is 15.1. The Labute approximate surface area is 184 Å². The molecule has 0 bridgehead atoms. The van der Waals surface area contributed by atoms with Crippen molar-refractivity contribution in [2.24, 2.45) is 0 Å². The van der Waals surface area contributed by atoms with Crippen molar-refractivity contribution in [1.82, 2.24) is 0 Å². The van der Waals surface area contributed by atoms with Crippen LogP contribution in [0.25, 0.3) is 11.1 Å². The molecule has 160 valence electrons. The van der Waals surface area contributed by atoms with Crippen LogP contribution in [0.4, 0.5) is 11.4 Å². The van der Waals surface area contributed by atoms with Crippen LogP contribution in [0, 0.1) is 0 Å². The van der Waals surface area contributed by atoms with E-state index >= 15 is 0 Å². The molecule has 31 heavy (non-hydrogen) atoms. The lowest BCUT2D eigenvalue weighted by Crippen LogP contribution is -2.11. The fraction of sp³-hybridized carbons (Fsp3) is 0.174. The topological polar surface area (TPSA) is 80.3 Å². The fourth-order valence-electron chi connectivity index (χ4n) is 3.13.